The van der Waals surface area contributed by atoms with Gasteiger partial charge in [-0.05, 0) is 44.6 Å². The maximum atomic E-state index is 12.2. The first-order chi connectivity index (χ1) is 8.81. The molecule has 0 spiro atoms. The first-order valence-electron chi connectivity index (χ1n) is 7.82. The Morgan fingerprint density at radius 2 is 2.17 bits per heavy atom. The van der Waals surface area contributed by atoms with E-state index in [0.29, 0.717) is 11.9 Å². The van der Waals surface area contributed by atoms with Gasteiger partial charge in [0.1, 0.15) is 0 Å². The molecule has 3 atom stereocenters. The van der Waals surface area contributed by atoms with Gasteiger partial charge < -0.3 is 10.6 Å². The minimum Gasteiger partial charge on any atom is -0.353 e. The largest absolute Gasteiger partial charge is 0.353 e. The molecule has 0 radical (unpaired) electrons. The van der Waals surface area contributed by atoms with Crippen LogP contribution in [0.4, 0.5) is 0 Å². The molecule has 2 N–H and O–H groups in total. The minimum absolute atomic E-state index is 0.214. The standard InChI is InChI=1S/C15H28N2O/c1-2-3-6-12-7-4-9-14(12)17-15(18)13-8-5-10-16-11-13/h12-14,16H,2-11H2,1H3,(H,17,18). The first-order valence-corrected chi connectivity index (χ1v) is 7.82. The third-order valence-electron chi connectivity index (χ3n) is 4.58. The Kier molecular flexibility index (Phi) is 5.48. The Morgan fingerprint density at radius 3 is 2.89 bits per heavy atom. The van der Waals surface area contributed by atoms with E-state index in [1.807, 2.05) is 0 Å². The average molecular weight is 252 g/mol. The molecule has 1 saturated heterocycles. The van der Waals surface area contributed by atoms with E-state index in [1.54, 1.807) is 0 Å². The van der Waals surface area contributed by atoms with Crippen molar-refractivity contribution in [2.45, 2.75) is 64.3 Å². The normalized spacial score (nSPS) is 32.4. The van der Waals surface area contributed by atoms with Crippen LogP contribution in [0.2, 0.25) is 0 Å². The Bertz CT molecular complexity index is 261. The zero-order chi connectivity index (χ0) is 12.8. The molecule has 18 heavy (non-hydrogen) atoms. The number of nitrogens with one attached hydrogen (secondary N) is 2. The summed E-state index contributed by atoms with van der Waals surface area (Å²) in [6.45, 7) is 4.20. The van der Waals surface area contributed by atoms with Crippen molar-refractivity contribution in [2.75, 3.05) is 13.1 Å². The van der Waals surface area contributed by atoms with Crippen molar-refractivity contribution in [3.63, 3.8) is 0 Å². The van der Waals surface area contributed by atoms with Crippen molar-refractivity contribution in [3.05, 3.63) is 0 Å². The highest BCUT2D eigenvalue weighted by Crippen LogP contribution is 2.30. The van der Waals surface area contributed by atoms with Gasteiger partial charge in [0.05, 0.1) is 5.92 Å². The van der Waals surface area contributed by atoms with Gasteiger partial charge in [0, 0.05) is 12.6 Å². The second kappa shape index (κ2) is 7.13. The molecule has 0 bridgehead atoms. The summed E-state index contributed by atoms with van der Waals surface area (Å²) in [5.41, 5.74) is 0. The molecule has 0 aromatic rings. The third kappa shape index (κ3) is 3.71. The van der Waals surface area contributed by atoms with Gasteiger partial charge >= 0.3 is 0 Å². The van der Waals surface area contributed by atoms with Gasteiger partial charge in [-0.1, -0.05) is 26.2 Å². The Hall–Kier alpha value is -0.570. The highest BCUT2D eigenvalue weighted by Gasteiger charge is 2.30. The Balaban J connectivity index is 1.78. The van der Waals surface area contributed by atoms with Crippen molar-refractivity contribution >= 4 is 5.91 Å². The number of rotatable bonds is 5. The van der Waals surface area contributed by atoms with Gasteiger partial charge in [0.2, 0.25) is 5.91 Å². The number of carbonyl (C=O) groups excluding carboxylic acids is 1. The fourth-order valence-electron chi connectivity index (χ4n) is 3.41. The van der Waals surface area contributed by atoms with Crippen LogP contribution in [0.5, 0.6) is 0 Å². The quantitative estimate of drug-likeness (QED) is 0.789. The Labute approximate surface area is 111 Å². The molecule has 0 aromatic carbocycles. The molecule has 2 fully saturated rings. The SMILES string of the molecule is CCCCC1CCCC1NC(=O)C1CCCNC1. The summed E-state index contributed by atoms with van der Waals surface area (Å²) in [5.74, 6) is 1.26. The van der Waals surface area contributed by atoms with E-state index in [2.05, 4.69) is 17.6 Å². The van der Waals surface area contributed by atoms with E-state index < -0.39 is 0 Å². The fourth-order valence-corrected chi connectivity index (χ4v) is 3.41. The summed E-state index contributed by atoms with van der Waals surface area (Å²) in [7, 11) is 0. The molecule has 1 aliphatic carbocycles. The van der Waals surface area contributed by atoms with Crippen molar-refractivity contribution in [1.29, 1.82) is 0 Å². The zero-order valence-corrected chi connectivity index (χ0v) is 11.7. The molecule has 1 amide bonds. The van der Waals surface area contributed by atoms with Gasteiger partial charge in [-0.15, -0.1) is 0 Å². The smallest absolute Gasteiger partial charge is 0.224 e. The number of carbonyl (C=O) groups is 1. The molecule has 1 aliphatic heterocycles. The van der Waals surface area contributed by atoms with Gasteiger partial charge in [0.25, 0.3) is 0 Å². The highest BCUT2D eigenvalue weighted by molar-refractivity contribution is 5.79. The number of piperidine rings is 1. The number of unbranched alkanes of at least 4 members (excludes halogenated alkanes) is 1. The molecule has 104 valence electrons. The average Bonchev–Trinajstić information content (AvgIpc) is 2.84. The predicted molar refractivity (Wildman–Crippen MR) is 74.4 cm³/mol. The van der Waals surface area contributed by atoms with Crippen LogP contribution < -0.4 is 10.6 Å². The molecule has 3 heteroatoms. The van der Waals surface area contributed by atoms with Crippen LogP contribution in [-0.4, -0.2) is 25.0 Å². The first kappa shape index (κ1) is 13.9. The lowest BCUT2D eigenvalue weighted by molar-refractivity contribution is -0.126. The van der Waals surface area contributed by atoms with Crippen LogP contribution >= 0.6 is 0 Å². The maximum absolute atomic E-state index is 12.2. The molecule has 0 aromatic heterocycles. The van der Waals surface area contributed by atoms with Crippen LogP contribution in [-0.2, 0) is 4.79 Å². The monoisotopic (exact) mass is 252 g/mol. The second-order valence-electron chi connectivity index (χ2n) is 5.99. The van der Waals surface area contributed by atoms with E-state index in [4.69, 9.17) is 0 Å². The number of amides is 1. The van der Waals surface area contributed by atoms with Crippen molar-refractivity contribution < 1.29 is 4.79 Å². The maximum Gasteiger partial charge on any atom is 0.224 e. The van der Waals surface area contributed by atoms with Crippen LogP contribution in [0.3, 0.4) is 0 Å². The molecule has 3 unspecified atom stereocenters. The molecule has 1 heterocycles. The van der Waals surface area contributed by atoms with Gasteiger partial charge in [-0.2, -0.15) is 0 Å². The fraction of sp³-hybridized carbons (Fsp3) is 0.933. The van der Waals surface area contributed by atoms with Gasteiger partial charge in [0.15, 0.2) is 0 Å². The van der Waals surface area contributed by atoms with E-state index in [9.17, 15) is 4.79 Å². The summed E-state index contributed by atoms with van der Waals surface area (Å²) < 4.78 is 0. The summed E-state index contributed by atoms with van der Waals surface area (Å²) in [6, 6.07) is 0.464. The summed E-state index contributed by atoms with van der Waals surface area (Å²) >= 11 is 0. The second-order valence-corrected chi connectivity index (χ2v) is 5.99. The zero-order valence-electron chi connectivity index (χ0n) is 11.7. The lowest BCUT2D eigenvalue weighted by Gasteiger charge is -2.26. The molecular formula is C15H28N2O. The predicted octanol–water partition coefficient (Wildman–Crippen LogP) is 2.46. The van der Waals surface area contributed by atoms with Crippen LogP contribution in [0.1, 0.15) is 58.3 Å². The van der Waals surface area contributed by atoms with Gasteiger partial charge in [-0.3, -0.25) is 4.79 Å². The van der Waals surface area contributed by atoms with E-state index in [-0.39, 0.29) is 5.92 Å². The van der Waals surface area contributed by atoms with Crippen molar-refractivity contribution in [3.8, 4) is 0 Å². The molecule has 2 aliphatic rings. The molecule has 2 rings (SSSR count). The minimum atomic E-state index is 0.214. The summed E-state index contributed by atoms with van der Waals surface area (Å²) in [6.07, 6.45) is 9.87. The summed E-state index contributed by atoms with van der Waals surface area (Å²) in [5, 5.41) is 6.65. The lowest BCUT2D eigenvalue weighted by Crippen LogP contribution is -2.45. The number of hydrogen-bond acceptors (Lipinski definition) is 2. The van der Waals surface area contributed by atoms with Gasteiger partial charge in [-0.25, -0.2) is 0 Å². The van der Waals surface area contributed by atoms with E-state index in [1.165, 1.54) is 38.5 Å². The topological polar surface area (TPSA) is 41.1 Å². The van der Waals surface area contributed by atoms with Crippen molar-refractivity contribution in [2.24, 2.45) is 11.8 Å². The Morgan fingerprint density at radius 1 is 1.28 bits per heavy atom. The highest BCUT2D eigenvalue weighted by atomic mass is 16.2. The molecular weight excluding hydrogens is 224 g/mol. The molecule has 3 nitrogen and oxygen atoms in total. The van der Waals surface area contributed by atoms with Crippen LogP contribution in [0.15, 0.2) is 0 Å². The van der Waals surface area contributed by atoms with E-state index >= 15 is 0 Å². The lowest BCUT2D eigenvalue weighted by atomic mass is 9.94. The third-order valence-corrected chi connectivity index (χ3v) is 4.58. The van der Waals surface area contributed by atoms with Crippen molar-refractivity contribution in [1.82, 2.24) is 10.6 Å². The van der Waals surface area contributed by atoms with E-state index in [0.717, 1.165) is 31.8 Å². The molecule has 1 saturated carbocycles. The number of hydrogen-bond donors (Lipinski definition) is 2. The van der Waals surface area contributed by atoms with Crippen LogP contribution in [0, 0.1) is 11.8 Å². The summed E-state index contributed by atoms with van der Waals surface area (Å²) in [4.78, 5) is 12.2. The van der Waals surface area contributed by atoms with Crippen LogP contribution in [0.25, 0.3) is 0 Å².